The van der Waals surface area contributed by atoms with Crippen molar-refractivity contribution in [1.29, 1.82) is 5.26 Å². The Balaban J connectivity index is 2.79. The molecule has 17 heavy (non-hydrogen) atoms. The summed E-state index contributed by atoms with van der Waals surface area (Å²) in [4.78, 5) is 13.9. The molecule has 0 fully saturated rings. The molecule has 1 atom stereocenters. The summed E-state index contributed by atoms with van der Waals surface area (Å²) in [5, 5.41) is 8.78. The smallest absolute Gasteiger partial charge is 0.253 e. The van der Waals surface area contributed by atoms with E-state index in [2.05, 4.69) is 28.7 Å². The molecule has 0 radical (unpaired) electrons. The predicted octanol–water partition coefficient (Wildman–Crippen LogP) is 2.91. The van der Waals surface area contributed by atoms with Gasteiger partial charge in [-0.3, -0.25) is 4.79 Å². The van der Waals surface area contributed by atoms with Crippen LogP contribution in [0.2, 0.25) is 0 Å². The minimum atomic E-state index is -0.136. The zero-order valence-corrected chi connectivity index (χ0v) is 12.1. The average molecular weight is 342 g/mol. The van der Waals surface area contributed by atoms with E-state index in [1.54, 1.807) is 4.90 Å². The molecule has 0 bridgehead atoms. The van der Waals surface area contributed by atoms with Crippen LogP contribution in [0.4, 0.5) is 0 Å². The summed E-state index contributed by atoms with van der Waals surface area (Å²) in [6.45, 7) is 4.85. The van der Waals surface area contributed by atoms with Crippen molar-refractivity contribution in [2.45, 2.75) is 13.8 Å². The molecular formula is C13H15IN2O. The van der Waals surface area contributed by atoms with Gasteiger partial charge in [0.15, 0.2) is 0 Å². The Kier molecular flexibility index (Phi) is 5.42. The number of rotatable bonds is 4. The van der Waals surface area contributed by atoms with Crippen LogP contribution in [-0.2, 0) is 0 Å². The highest BCUT2D eigenvalue weighted by molar-refractivity contribution is 14.1. The number of carbonyl (C=O) groups excluding carboxylic acids is 1. The standard InChI is InChI=1S/C13H15IN2O/c1-3-16(9-10(2)8-15)13(17)11-4-6-12(14)7-5-11/h4-7,10H,3,9H2,1-2H3. The van der Waals surface area contributed by atoms with Gasteiger partial charge in [0.25, 0.3) is 5.91 Å². The van der Waals surface area contributed by atoms with Crippen molar-refractivity contribution in [2.24, 2.45) is 5.92 Å². The van der Waals surface area contributed by atoms with Crippen molar-refractivity contribution in [2.75, 3.05) is 13.1 Å². The fourth-order valence-corrected chi connectivity index (χ4v) is 1.86. The van der Waals surface area contributed by atoms with Crippen LogP contribution < -0.4 is 0 Å². The highest BCUT2D eigenvalue weighted by Gasteiger charge is 2.16. The Morgan fingerprint density at radius 2 is 2.06 bits per heavy atom. The summed E-state index contributed by atoms with van der Waals surface area (Å²) >= 11 is 2.20. The van der Waals surface area contributed by atoms with Gasteiger partial charge >= 0.3 is 0 Å². The molecule has 0 heterocycles. The van der Waals surface area contributed by atoms with E-state index in [0.29, 0.717) is 18.7 Å². The van der Waals surface area contributed by atoms with E-state index < -0.39 is 0 Å². The average Bonchev–Trinajstić information content (AvgIpc) is 2.35. The second-order valence-electron chi connectivity index (χ2n) is 3.88. The number of hydrogen-bond donors (Lipinski definition) is 0. The van der Waals surface area contributed by atoms with Gasteiger partial charge < -0.3 is 4.90 Å². The second kappa shape index (κ2) is 6.60. The maximum absolute atomic E-state index is 12.2. The molecule has 0 saturated heterocycles. The Morgan fingerprint density at radius 3 is 2.53 bits per heavy atom. The molecule has 0 aliphatic carbocycles. The molecule has 1 unspecified atom stereocenters. The van der Waals surface area contributed by atoms with E-state index in [0.717, 1.165) is 3.57 Å². The first-order valence-corrected chi connectivity index (χ1v) is 6.60. The zero-order chi connectivity index (χ0) is 12.8. The number of amides is 1. The van der Waals surface area contributed by atoms with E-state index in [4.69, 9.17) is 5.26 Å². The first-order chi connectivity index (χ1) is 8.08. The molecule has 1 rings (SSSR count). The summed E-state index contributed by atoms with van der Waals surface area (Å²) in [6.07, 6.45) is 0. The van der Waals surface area contributed by atoms with Crippen molar-refractivity contribution in [1.82, 2.24) is 4.90 Å². The van der Waals surface area contributed by atoms with Crippen molar-refractivity contribution in [3.63, 3.8) is 0 Å². The van der Waals surface area contributed by atoms with Crippen LogP contribution in [0.15, 0.2) is 24.3 Å². The summed E-state index contributed by atoms with van der Waals surface area (Å²) in [7, 11) is 0. The van der Waals surface area contributed by atoms with Gasteiger partial charge in [0.05, 0.1) is 12.0 Å². The van der Waals surface area contributed by atoms with Crippen LogP contribution in [0.5, 0.6) is 0 Å². The zero-order valence-electron chi connectivity index (χ0n) is 9.98. The highest BCUT2D eigenvalue weighted by Crippen LogP contribution is 2.10. The van der Waals surface area contributed by atoms with E-state index in [1.807, 2.05) is 38.1 Å². The normalized spacial score (nSPS) is 11.6. The van der Waals surface area contributed by atoms with Gasteiger partial charge in [0.2, 0.25) is 0 Å². The van der Waals surface area contributed by atoms with Crippen molar-refractivity contribution < 1.29 is 4.79 Å². The third-order valence-corrected chi connectivity index (χ3v) is 3.19. The Morgan fingerprint density at radius 1 is 1.47 bits per heavy atom. The van der Waals surface area contributed by atoms with Gasteiger partial charge in [0.1, 0.15) is 0 Å². The monoisotopic (exact) mass is 342 g/mol. The summed E-state index contributed by atoms with van der Waals surface area (Å²) < 4.78 is 1.10. The van der Waals surface area contributed by atoms with Crippen molar-refractivity contribution in [3.05, 3.63) is 33.4 Å². The lowest BCUT2D eigenvalue weighted by Crippen LogP contribution is -2.34. The van der Waals surface area contributed by atoms with Gasteiger partial charge in [-0.05, 0) is 60.7 Å². The van der Waals surface area contributed by atoms with Gasteiger partial charge in [0, 0.05) is 22.2 Å². The molecule has 0 spiro atoms. The Labute approximate surface area is 116 Å². The molecule has 3 nitrogen and oxygen atoms in total. The fraction of sp³-hybridized carbons (Fsp3) is 0.385. The number of nitriles is 1. The molecule has 0 N–H and O–H groups in total. The Bertz CT molecular complexity index is 422. The van der Waals surface area contributed by atoms with Crippen LogP contribution in [0, 0.1) is 20.8 Å². The number of halogens is 1. The third kappa shape index (κ3) is 4.00. The largest absolute Gasteiger partial charge is 0.338 e. The molecule has 1 aromatic carbocycles. The van der Waals surface area contributed by atoms with Crippen LogP contribution in [0.25, 0.3) is 0 Å². The minimum Gasteiger partial charge on any atom is -0.338 e. The number of hydrogen-bond acceptors (Lipinski definition) is 2. The molecule has 1 aromatic rings. The second-order valence-corrected chi connectivity index (χ2v) is 5.13. The molecule has 1 amide bonds. The number of carbonyl (C=O) groups is 1. The van der Waals surface area contributed by atoms with E-state index in [1.165, 1.54) is 0 Å². The minimum absolute atomic E-state index is 0.00833. The van der Waals surface area contributed by atoms with E-state index in [9.17, 15) is 4.79 Å². The highest BCUT2D eigenvalue weighted by atomic mass is 127. The first kappa shape index (κ1) is 14.0. The third-order valence-electron chi connectivity index (χ3n) is 2.47. The predicted molar refractivity (Wildman–Crippen MR) is 75.5 cm³/mol. The lowest BCUT2D eigenvalue weighted by Gasteiger charge is -2.22. The number of benzene rings is 1. The van der Waals surface area contributed by atoms with Crippen molar-refractivity contribution in [3.8, 4) is 6.07 Å². The first-order valence-electron chi connectivity index (χ1n) is 5.53. The van der Waals surface area contributed by atoms with Gasteiger partial charge in [-0.2, -0.15) is 5.26 Å². The van der Waals surface area contributed by atoms with Crippen LogP contribution >= 0.6 is 22.6 Å². The summed E-state index contributed by atoms with van der Waals surface area (Å²) in [5.74, 6) is -0.145. The number of nitrogens with zero attached hydrogens (tertiary/aromatic N) is 2. The molecule has 0 saturated carbocycles. The lowest BCUT2D eigenvalue weighted by molar-refractivity contribution is 0.0752. The van der Waals surface area contributed by atoms with Crippen LogP contribution in [-0.4, -0.2) is 23.9 Å². The van der Waals surface area contributed by atoms with Gasteiger partial charge in [-0.1, -0.05) is 0 Å². The SMILES string of the molecule is CCN(CC(C)C#N)C(=O)c1ccc(I)cc1. The van der Waals surface area contributed by atoms with E-state index >= 15 is 0 Å². The molecule has 0 aliphatic heterocycles. The molecule has 90 valence electrons. The topological polar surface area (TPSA) is 44.1 Å². The molecular weight excluding hydrogens is 327 g/mol. The van der Waals surface area contributed by atoms with E-state index in [-0.39, 0.29) is 11.8 Å². The summed E-state index contributed by atoms with van der Waals surface area (Å²) in [6, 6.07) is 9.62. The maximum Gasteiger partial charge on any atom is 0.253 e. The van der Waals surface area contributed by atoms with Gasteiger partial charge in [-0.25, -0.2) is 0 Å². The van der Waals surface area contributed by atoms with Crippen LogP contribution in [0.3, 0.4) is 0 Å². The maximum atomic E-state index is 12.2. The fourth-order valence-electron chi connectivity index (χ4n) is 1.50. The van der Waals surface area contributed by atoms with Gasteiger partial charge in [-0.15, -0.1) is 0 Å². The lowest BCUT2D eigenvalue weighted by atomic mass is 10.1. The Hall–Kier alpha value is -1.09. The van der Waals surface area contributed by atoms with Crippen molar-refractivity contribution >= 4 is 28.5 Å². The molecule has 0 aromatic heterocycles. The summed E-state index contributed by atoms with van der Waals surface area (Å²) in [5.41, 5.74) is 0.678. The molecule has 0 aliphatic rings. The van der Waals surface area contributed by atoms with Crippen LogP contribution in [0.1, 0.15) is 24.2 Å². The quantitative estimate of drug-likeness (QED) is 0.790. The molecule has 4 heteroatoms.